The van der Waals surface area contributed by atoms with E-state index < -0.39 is 0 Å². The van der Waals surface area contributed by atoms with Crippen molar-refractivity contribution in [2.75, 3.05) is 18.1 Å². The molecule has 0 bridgehead atoms. The monoisotopic (exact) mass is 318 g/mol. The predicted molar refractivity (Wildman–Crippen MR) is 90.5 cm³/mol. The van der Waals surface area contributed by atoms with Crippen LogP contribution in [0.1, 0.15) is 43.2 Å². The highest BCUT2D eigenvalue weighted by Gasteiger charge is 2.22. The molecule has 1 aromatic carbocycles. The summed E-state index contributed by atoms with van der Waals surface area (Å²) in [4.78, 5) is 16.3. The minimum Gasteiger partial charge on any atom is -0.390 e. The van der Waals surface area contributed by atoms with E-state index in [4.69, 9.17) is 4.84 Å². The number of rotatable bonds is 4. The van der Waals surface area contributed by atoms with Crippen LogP contribution in [0.15, 0.2) is 29.4 Å². The first-order chi connectivity index (χ1) is 10.7. The molecule has 5 heteroatoms. The Morgan fingerprint density at radius 2 is 2.05 bits per heavy atom. The molecule has 4 nitrogen and oxygen atoms in total. The van der Waals surface area contributed by atoms with Gasteiger partial charge in [-0.25, -0.2) is 0 Å². The van der Waals surface area contributed by atoms with Crippen LogP contribution in [0.25, 0.3) is 0 Å². The number of thioether (sulfide) groups is 1. The summed E-state index contributed by atoms with van der Waals surface area (Å²) in [5.41, 5.74) is 3.54. The van der Waals surface area contributed by atoms with Gasteiger partial charge in [-0.15, -0.1) is 0 Å². The van der Waals surface area contributed by atoms with Crippen molar-refractivity contribution < 1.29 is 9.63 Å². The largest absolute Gasteiger partial charge is 0.390 e. The number of nitrogens with one attached hydrogen (secondary N) is 1. The van der Waals surface area contributed by atoms with Crippen molar-refractivity contribution in [3.05, 3.63) is 35.4 Å². The van der Waals surface area contributed by atoms with E-state index in [-0.39, 0.29) is 12.0 Å². The first kappa shape index (κ1) is 15.4. The van der Waals surface area contributed by atoms with E-state index in [0.29, 0.717) is 12.5 Å². The van der Waals surface area contributed by atoms with Gasteiger partial charge in [0.1, 0.15) is 6.10 Å². The van der Waals surface area contributed by atoms with E-state index >= 15 is 0 Å². The molecule has 22 heavy (non-hydrogen) atoms. The fraction of sp³-hybridized carbons (Fsp3) is 0.529. The van der Waals surface area contributed by atoms with Gasteiger partial charge in [-0.2, -0.15) is 11.8 Å². The number of nitrogens with zero attached hydrogens (tertiary/aromatic N) is 1. The Morgan fingerprint density at radius 1 is 1.32 bits per heavy atom. The van der Waals surface area contributed by atoms with Crippen molar-refractivity contribution >= 4 is 23.4 Å². The van der Waals surface area contributed by atoms with Crippen molar-refractivity contribution in [2.24, 2.45) is 5.16 Å². The number of hydrogen-bond donors (Lipinski definition) is 1. The number of amides is 1. The van der Waals surface area contributed by atoms with Crippen LogP contribution in [0.3, 0.4) is 0 Å². The third kappa shape index (κ3) is 3.83. The van der Waals surface area contributed by atoms with Crippen LogP contribution < -0.4 is 5.32 Å². The van der Waals surface area contributed by atoms with Crippen LogP contribution in [0.5, 0.6) is 0 Å². The maximum atomic E-state index is 10.9. The predicted octanol–water partition coefficient (Wildman–Crippen LogP) is 2.93. The minimum atomic E-state index is -0.0473. The Bertz CT molecular complexity index is 550. The molecule has 2 heterocycles. The summed E-state index contributed by atoms with van der Waals surface area (Å²) in [7, 11) is 0. The Kier molecular flexibility index (Phi) is 5.03. The van der Waals surface area contributed by atoms with Crippen LogP contribution in [-0.2, 0) is 9.63 Å². The first-order valence-electron chi connectivity index (χ1n) is 7.87. The lowest BCUT2D eigenvalue weighted by molar-refractivity contribution is -0.119. The number of oxime groups is 1. The first-order valence-corrected chi connectivity index (χ1v) is 9.03. The molecule has 118 valence electrons. The summed E-state index contributed by atoms with van der Waals surface area (Å²) in [6.45, 7) is 2.03. The van der Waals surface area contributed by atoms with Crippen molar-refractivity contribution in [2.45, 2.75) is 38.2 Å². The molecule has 1 unspecified atom stereocenters. The molecular formula is C17H22N2O2S. The summed E-state index contributed by atoms with van der Waals surface area (Å²) in [6, 6.07) is 8.78. The van der Waals surface area contributed by atoms with E-state index in [1.807, 2.05) is 0 Å². The second kappa shape index (κ2) is 7.18. The van der Waals surface area contributed by atoms with Crippen LogP contribution >= 0.6 is 11.8 Å². The SMILES string of the molecule is CC(=O)NCC1CC(c2ccc(C3CCSCC3)cc2)=NO1. The summed E-state index contributed by atoms with van der Waals surface area (Å²) >= 11 is 2.06. The van der Waals surface area contributed by atoms with Gasteiger partial charge >= 0.3 is 0 Å². The molecule has 0 spiro atoms. The summed E-state index contributed by atoms with van der Waals surface area (Å²) < 4.78 is 0. The third-order valence-electron chi connectivity index (χ3n) is 4.25. The summed E-state index contributed by atoms with van der Waals surface area (Å²) in [6.07, 6.45) is 3.27. The van der Waals surface area contributed by atoms with Crippen LogP contribution in [0.4, 0.5) is 0 Å². The number of carbonyl (C=O) groups is 1. The van der Waals surface area contributed by atoms with E-state index in [0.717, 1.165) is 17.7 Å². The van der Waals surface area contributed by atoms with Gasteiger partial charge in [0, 0.05) is 13.3 Å². The minimum absolute atomic E-state index is 0.0351. The molecule has 2 aliphatic rings. The number of carbonyl (C=O) groups excluding carboxylic acids is 1. The molecule has 0 aliphatic carbocycles. The molecule has 2 aliphatic heterocycles. The van der Waals surface area contributed by atoms with Gasteiger partial charge in [-0.05, 0) is 41.4 Å². The number of hydrogen-bond acceptors (Lipinski definition) is 4. The normalized spacial score (nSPS) is 22.0. The molecule has 1 N–H and O–H groups in total. The topological polar surface area (TPSA) is 50.7 Å². The molecule has 1 saturated heterocycles. The lowest BCUT2D eigenvalue weighted by Gasteiger charge is -2.21. The Morgan fingerprint density at radius 3 is 2.73 bits per heavy atom. The average Bonchev–Trinajstić information content (AvgIpc) is 3.03. The van der Waals surface area contributed by atoms with Gasteiger partial charge in [-0.1, -0.05) is 29.4 Å². The zero-order chi connectivity index (χ0) is 15.4. The van der Waals surface area contributed by atoms with Crippen LogP contribution in [0, 0.1) is 0 Å². The van der Waals surface area contributed by atoms with Gasteiger partial charge < -0.3 is 10.2 Å². The maximum Gasteiger partial charge on any atom is 0.217 e. The summed E-state index contributed by atoms with van der Waals surface area (Å²) in [5.74, 6) is 3.23. The third-order valence-corrected chi connectivity index (χ3v) is 5.30. The van der Waals surface area contributed by atoms with Crippen molar-refractivity contribution in [1.29, 1.82) is 0 Å². The zero-order valence-corrected chi connectivity index (χ0v) is 13.7. The van der Waals surface area contributed by atoms with Crippen molar-refractivity contribution in [1.82, 2.24) is 5.32 Å². The van der Waals surface area contributed by atoms with Crippen LogP contribution in [0.2, 0.25) is 0 Å². The Labute approximate surface area is 135 Å². The highest BCUT2D eigenvalue weighted by atomic mass is 32.2. The molecule has 1 atom stereocenters. The van der Waals surface area contributed by atoms with Gasteiger partial charge in [0.05, 0.1) is 12.3 Å². The number of benzene rings is 1. The molecule has 0 saturated carbocycles. The fourth-order valence-electron chi connectivity index (χ4n) is 2.94. The van der Waals surface area contributed by atoms with Gasteiger partial charge in [0.2, 0.25) is 5.91 Å². The Hall–Kier alpha value is -1.49. The van der Waals surface area contributed by atoms with E-state index in [1.54, 1.807) is 0 Å². The molecule has 0 aromatic heterocycles. The van der Waals surface area contributed by atoms with Crippen molar-refractivity contribution in [3.8, 4) is 0 Å². The second-order valence-corrected chi connectivity index (χ2v) is 7.14. The van der Waals surface area contributed by atoms with E-state index in [1.165, 1.54) is 36.8 Å². The van der Waals surface area contributed by atoms with Crippen LogP contribution in [-0.4, -0.2) is 35.8 Å². The molecule has 0 radical (unpaired) electrons. The Balaban J connectivity index is 1.58. The smallest absolute Gasteiger partial charge is 0.217 e. The van der Waals surface area contributed by atoms with Gasteiger partial charge in [0.25, 0.3) is 0 Å². The molecule has 3 rings (SSSR count). The highest BCUT2D eigenvalue weighted by molar-refractivity contribution is 7.99. The average molecular weight is 318 g/mol. The molecule has 1 amide bonds. The second-order valence-electron chi connectivity index (χ2n) is 5.92. The molecule has 1 aromatic rings. The zero-order valence-electron chi connectivity index (χ0n) is 12.9. The highest BCUT2D eigenvalue weighted by Crippen LogP contribution is 2.31. The maximum absolute atomic E-state index is 10.9. The quantitative estimate of drug-likeness (QED) is 0.928. The van der Waals surface area contributed by atoms with Gasteiger partial charge in [0.15, 0.2) is 0 Å². The lowest BCUT2D eigenvalue weighted by Crippen LogP contribution is -2.30. The van der Waals surface area contributed by atoms with Crippen molar-refractivity contribution in [3.63, 3.8) is 0 Å². The van der Waals surface area contributed by atoms with Gasteiger partial charge in [-0.3, -0.25) is 4.79 Å². The standard InChI is InChI=1S/C17H22N2O2S/c1-12(20)18-11-16-10-17(19-21-16)15-4-2-13(3-5-15)14-6-8-22-9-7-14/h2-5,14,16H,6-11H2,1H3,(H,18,20). The molecule has 1 fully saturated rings. The molecular weight excluding hydrogens is 296 g/mol. The fourth-order valence-corrected chi connectivity index (χ4v) is 4.05. The van der Waals surface area contributed by atoms with E-state index in [9.17, 15) is 4.79 Å². The lowest BCUT2D eigenvalue weighted by atomic mass is 9.92. The van der Waals surface area contributed by atoms with E-state index in [2.05, 4.69) is 46.5 Å². The summed E-state index contributed by atoms with van der Waals surface area (Å²) in [5, 5.41) is 6.94.